The van der Waals surface area contributed by atoms with Gasteiger partial charge in [0.25, 0.3) is 0 Å². The van der Waals surface area contributed by atoms with E-state index in [9.17, 15) is 0 Å². The molecule has 2 heteroatoms. The first-order chi connectivity index (χ1) is 6.31. The van der Waals surface area contributed by atoms with Crippen molar-refractivity contribution in [1.82, 2.24) is 4.98 Å². The topological polar surface area (TPSA) is 12.9 Å². The van der Waals surface area contributed by atoms with Gasteiger partial charge in [-0.1, -0.05) is 30.7 Å². The molecule has 0 saturated heterocycles. The van der Waals surface area contributed by atoms with Crippen molar-refractivity contribution in [1.29, 1.82) is 0 Å². The maximum Gasteiger partial charge on any atom is 0.0667 e. The Morgan fingerprint density at radius 2 is 2.15 bits per heavy atom. The average Bonchev–Trinajstić information content (AvgIpc) is 2.18. The van der Waals surface area contributed by atoms with Crippen molar-refractivity contribution in [2.24, 2.45) is 0 Å². The van der Waals surface area contributed by atoms with Gasteiger partial charge in [0.2, 0.25) is 0 Å². The molecule has 1 aromatic heterocycles. The first-order valence-corrected chi connectivity index (χ1v) is 4.71. The summed E-state index contributed by atoms with van der Waals surface area (Å²) >= 11 is 6.02. The van der Waals surface area contributed by atoms with Crippen LogP contribution in [0.3, 0.4) is 0 Å². The van der Waals surface area contributed by atoms with Crippen LogP contribution in [0.25, 0.3) is 10.8 Å². The number of nitrogens with zero attached hydrogens (tertiary/aromatic N) is 1. The maximum atomic E-state index is 6.02. The van der Waals surface area contributed by atoms with E-state index in [0.29, 0.717) is 0 Å². The molecule has 0 saturated carbocycles. The number of rotatable bonds is 1. The van der Waals surface area contributed by atoms with Crippen LogP contribution in [-0.2, 0) is 6.42 Å². The molecule has 0 aliphatic carbocycles. The minimum absolute atomic E-state index is 0.729. The molecule has 0 aliphatic heterocycles. The highest BCUT2D eigenvalue weighted by molar-refractivity contribution is 6.35. The Balaban J connectivity index is 2.74. The minimum Gasteiger partial charge on any atom is -0.263 e. The molecule has 0 unspecified atom stereocenters. The van der Waals surface area contributed by atoms with Crippen LogP contribution in [0.5, 0.6) is 0 Å². The summed E-state index contributed by atoms with van der Waals surface area (Å²) in [6.45, 7) is 2.14. The second-order valence-corrected chi connectivity index (χ2v) is 3.44. The molecular weight excluding hydrogens is 182 g/mol. The van der Waals surface area contributed by atoms with E-state index >= 15 is 0 Å². The van der Waals surface area contributed by atoms with E-state index in [2.05, 4.69) is 30.1 Å². The van der Waals surface area contributed by atoms with Crippen molar-refractivity contribution in [2.75, 3.05) is 0 Å². The van der Waals surface area contributed by atoms with Crippen molar-refractivity contribution in [3.8, 4) is 0 Å². The summed E-state index contributed by atoms with van der Waals surface area (Å²) in [6, 6.07) is 6.30. The fourth-order valence-corrected chi connectivity index (χ4v) is 1.62. The lowest BCUT2D eigenvalue weighted by Crippen LogP contribution is -1.82. The summed E-state index contributed by atoms with van der Waals surface area (Å²) in [5, 5.41) is 2.92. The second kappa shape index (κ2) is 3.35. The summed E-state index contributed by atoms with van der Waals surface area (Å²) in [4.78, 5) is 4.04. The largest absolute Gasteiger partial charge is 0.263 e. The lowest BCUT2D eigenvalue weighted by Gasteiger charge is -2.01. The van der Waals surface area contributed by atoms with E-state index in [1.807, 2.05) is 6.20 Å². The zero-order valence-electron chi connectivity index (χ0n) is 7.42. The van der Waals surface area contributed by atoms with Gasteiger partial charge < -0.3 is 0 Å². The van der Waals surface area contributed by atoms with Crippen LogP contribution >= 0.6 is 11.6 Å². The molecule has 0 N–H and O–H groups in total. The zero-order valence-corrected chi connectivity index (χ0v) is 8.17. The van der Waals surface area contributed by atoms with Crippen LogP contribution < -0.4 is 0 Å². The van der Waals surface area contributed by atoms with Crippen molar-refractivity contribution in [2.45, 2.75) is 13.3 Å². The standard InChI is InChI=1S/C11H10ClN/c1-2-8-3-4-9-6-13-7-11(12)10(9)5-8/h3-7H,2H2,1H3. The van der Waals surface area contributed by atoms with Crippen molar-refractivity contribution >= 4 is 22.4 Å². The molecule has 0 atom stereocenters. The van der Waals surface area contributed by atoms with Gasteiger partial charge in [-0.3, -0.25) is 4.98 Å². The van der Waals surface area contributed by atoms with Gasteiger partial charge in [-0.15, -0.1) is 0 Å². The molecule has 0 fully saturated rings. The van der Waals surface area contributed by atoms with Crippen LogP contribution in [0.2, 0.25) is 5.02 Å². The van der Waals surface area contributed by atoms with Gasteiger partial charge in [0.05, 0.1) is 5.02 Å². The molecule has 0 bridgehead atoms. The van der Waals surface area contributed by atoms with Crippen LogP contribution in [0.15, 0.2) is 30.6 Å². The number of halogens is 1. The minimum atomic E-state index is 0.729. The predicted molar refractivity (Wildman–Crippen MR) is 56.1 cm³/mol. The van der Waals surface area contributed by atoms with E-state index < -0.39 is 0 Å². The Labute approximate surface area is 82.4 Å². The molecule has 66 valence electrons. The third-order valence-corrected chi connectivity index (χ3v) is 2.49. The summed E-state index contributed by atoms with van der Waals surface area (Å²) in [5.74, 6) is 0. The van der Waals surface area contributed by atoms with Gasteiger partial charge in [0.1, 0.15) is 0 Å². The highest BCUT2D eigenvalue weighted by atomic mass is 35.5. The van der Waals surface area contributed by atoms with Crippen LogP contribution in [-0.4, -0.2) is 4.98 Å². The molecule has 1 aromatic carbocycles. The SMILES string of the molecule is CCc1ccc2cncc(Cl)c2c1. The predicted octanol–water partition coefficient (Wildman–Crippen LogP) is 3.45. The van der Waals surface area contributed by atoms with Gasteiger partial charge in [0, 0.05) is 23.2 Å². The van der Waals surface area contributed by atoms with E-state index in [-0.39, 0.29) is 0 Å². The third-order valence-electron chi connectivity index (χ3n) is 2.18. The summed E-state index contributed by atoms with van der Waals surface area (Å²) < 4.78 is 0. The molecule has 1 nitrogen and oxygen atoms in total. The van der Waals surface area contributed by atoms with Gasteiger partial charge in [-0.25, -0.2) is 0 Å². The number of hydrogen-bond donors (Lipinski definition) is 0. The molecule has 0 spiro atoms. The Morgan fingerprint density at radius 3 is 2.92 bits per heavy atom. The smallest absolute Gasteiger partial charge is 0.0667 e. The van der Waals surface area contributed by atoms with Crippen molar-refractivity contribution < 1.29 is 0 Å². The number of hydrogen-bond acceptors (Lipinski definition) is 1. The molecule has 1 heterocycles. The van der Waals surface area contributed by atoms with Crippen LogP contribution in [0.4, 0.5) is 0 Å². The Morgan fingerprint density at radius 1 is 1.31 bits per heavy atom. The highest BCUT2D eigenvalue weighted by Crippen LogP contribution is 2.23. The molecule has 0 radical (unpaired) electrons. The highest BCUT2D eigenvalue weighted by Gasteiger charge is 1.99. The van der Waals surface area contributed by atoms with E-state index in [0.717, 1.165) is 22.2 Å². The fraction of sp³-hybridized carbons (Fsp3) is 0.182. The van der Waals surface area contributed by atoms with Gasteiger partial charge in [0.15, 0.2) is 0 Å². The molecule has 13 heavy (non-hydrogen) atoms. The quantitative estimate of drug-likeness (QED) is 0.673. The number of aryl methyl sites for hydroxylation is 1. The number of pyridine rings is 1. The first-order valence-electron chi connectivity index (χ1n) is 4.33. The number of benzene rings is 1. The van der Waals surface area contributed by atoms with E-state index in [1.165, 1.54) is 5.56 Å². The van der Waals surface area contributed by atoms with E-state index in [1.54, 1.807) is 6.20 Å². The summed E-state index contributed by atoms with van der Waals surface area (Å²) in [6.07, 6.45) is 4.55. The lowest BCUT2D eigenvalue weighted by atomic mass is 10.1. The summed E-state index contributed by atoms with van der Waals surface area (Å²) in [7, 11) is 0. The number of fused-ring (bicyclic) bond motifs is 1. The van der Waals surface area contributed by atoms with Crippen LogP contribution in [0, 0.1) is 0 Å². The van der Waals surface area contributed by atoms with Gasteiger partial charge in [-0.05, 0) is 18.1 Å². The maximum absolute atomic E-state index is 6.02. The molecular formula is C11H10ClN. The van der Waals surface area contributed by atoms with Gasteiger partial charge in [-0.2, -0.15) is 0 Å². The Bertz CT molecular complexity index is 437. The Kier molecular flexibility index (Phi) is 2.19. The van der Waals surface area contributed by atoms with Crippen LogP contribution in [0.1, 0.15) is 12.5 Å². The fourth-order valence-electron chi connectivity index (χ4n) is 1.40. The number of aromatic nitrogens is 1. The monoisotopic (exact) mass is 191 g/mol. The van der Waals surface area contributed by atoms with Gasteiger partial charge >= 0.3 is 0 Å². The molecule has 0 aliphatic rings. The van der Waals surface area contributed by atoms with Crippen molar-refractivity contribution in [3.63, 3.8) is 0 Å². The third kappa shape index (κ3) is 1.52. The molecule has 2 aromatic rings. The molecule has 2 rings (SSSR count). The normalized spacial score (nSPS) is 10.6. The first kappa shape index (κ1) is 8.52. The van der Waals surface area contributed by atoms with Crippen molar-refractivity contribution in [3.05, 3.63) is 41.2 Å². The van der Waals surface area contributed by atoms with E-state index in [4.69, 9.17) is 11.6 Å². The summed E-state index contributed by atoms with van der Waals surface area (Å²) in [5.41, 5.74) is 1.31. The second-order valence-electron chi connectivity index (χ2n) is 3.03. The zero-order chi connectivity index (χ0) is 9.26. The average molecular weight is 192 g/mol. The molecule has 0 amide bonds. The Hall–Kier alpha value is -1.08. The lowest BCUT2D eigenvalue weighted by molar-refractivity contribution is 1.15.